The molecule has 0 amide bonds. The maximum absolute atomic E-state index is 9.89. The van der Waals surface area contributed by atoms with Crippen molar-refractivity contribution in [3.63, 3.8) is 0 Å². The summed E-state index contributed by atoms with van der Waals surface area (Å²) >= 11 is -8.15. The van der Waals surface area contributed by atoms with Crippen molar-refractivity contribution in [2.45, 2.75) is 0 Å². The third kappa shape index (κ3) is 5.77. The Kier molecular flexibility index (Phi) is 4.29. The van der Waals surface area contributed by atoms with Crippen molar-refractivity contribution in [3.05, 3.63) is 0 Å². The van der Waals surface area contributed by atoms with E-state index < -0.39 is 37.0 Å². The van der Waals surface area contributed by atoms with Crippen LogP contribution in [0.4, 0.5) is 4.79 Å². The van der Waals surface area contributed by atoms with Gasteiger partial charge in [-0.3, -0.25) is 0 Å². The fraction of sp³-hybridized carbons (Fsp3) is 0. The van der Waals surface area contributed by atoms with Crippen LogP contribution in [0.2, 0.25) is 0 Å². The molecule has 0 heterocycles. The van der Waals surface area contributed by atoms with Crippen LogP contribution in [-0.4, -0.2) is 6.16 Å². The van der Waals surface area contributed by atoms with E-state index in [0.717, 1.165) is 0 Å². The van der Waals surface area contributed by atoms with Crippen molar-refractivity contribution in [2.75, 3.05) is 0 Å². The molecule has 0 unspecified atom stereocenters. The first-order chi connectivity index (χ1) is 4.52. The number of hydrogen-bond acceptors (Lipinski definition) is 7. The first-order valence-electron chi connectivity index (χ1n) is 1.71. The first-order valence-corrected chi connectivity index (χ1v) is 5.13. The van der Waals surface area contributed by atoms with Gasteiger partial charge in [0.25, 0.3) is 0 Å². The molecule has 56 valence electrons. The summed E-state index contributed by atoms with van der Waals surface area (Å²) in [6.45, 7) is 0. The van der Waals surface area contributed by atoms with Crippen LogP contribution >= 0.6 is 0 Å². The number of carbonyl (C=O) groups is 1. The summed E-state index contributed by atoms with van der Waals surface area (Å²) in [7, 11) is 0. The Balaban J connectivity index is 3.88. The molecule has 0 saturated carbocycles. The molecule has 0 bridgehead atoms. The second kappa shape index (κ2) is 4.45. The van der Waals surface area contributed by atoms with E-state index in [2.05, 4.69) is 7.32 Å². The Labute approximate surface area is 64.0 Å². The zero-order valence-corrected chi connectivity index (χ0v) is 7.05. The molecular weight excluding hydrogens is 226 g/mol. The second-order valence-electron chi connectivity index (χ2n) is 0.880. The minimum atomic E-state index is -4.07. The summed E-state index contributed by atoms with van der Waals surface area (Å²) in [6, 6.07) is 0. The Hall–Kier alpha value is -0.361. The van der Waals surface area contributed by atoms with Gasteiger partial charge in [-0.05, 0) is 0 Å². The number of carbonyl (C=O) groups excluding carboxylic acids is 1. The van der Waals surface area contributed by atoms with Gasteiger partial charge in [-0.15, -0.1) is 0 Å². The summed E-state index contributed by atoms with van der Waals surface area (Å²) in [5.41, 5.74) is 0. The van der Waals surface area contributed by atoms with Gasteiger partial charge in [0.1, 0.15) is 0 Å². The van der Waals surface area contributed by atoms with Crippen molar-refractivity contribution in [1.82, 2.24) is 0 Å². The Morgan fingerprint density at radius 3 is 1.40 bits per heavy atom. The van der Waals surface area contributed by atoms with Crippen molar-refractivity contribution in [1.29, 1.82) is 0 Å². The Bertz CT molecular complexity index is 215. The normalized spacial score (nSPS) is 8.00. The van der Waals surface area contributed by atoms with Crippen LogP contribution in [0.3, 0.4) is 0 Å². The molecule has 0 aromatic rings. The molecule has 0 N–H and O–H groups in total. The zero-order valence-electron chi connectivity index (χ0n) is 4.25. The summed E-state index contributed by atoms with van der Waals surface area (Å²) in [6.07, 6.45) is -1.71. The van der Waals surface area contributed by atoms with Gasteiger partial charge in [0.05, 0.1) is 0 Å². The summed E-state index contributed by atoms with van der Waals surface area (Å²) in [5.74, 6) is 0. The maximum atomic E-state index is 9.89. The molecule has 0 spiro atoms. The van der Waals surface area contributed by atoms with Gasteiger partial charge < -0.3 is 0 Å². The molecule has 0 aliphatic rings. The molecule has 0 radical (unpaired) electrons. The molecule has 10 heavy (non-hydrogen) atoms. The van der Waals surface area contributed by atoms with E-state index in [4.69, 9.17) is 0 Å². The van der Waals surface area contributed by atoms with Gasteiger partial charge in [0.15, 0.2) is 0 Å². The quantitative estimate of drug-likeness (QED) is 0.629. The molecule has 0 aromatic heterocycles. The second-order valence-corrected chi connectivity index (χ2v) is 2.85. The Morgan fingerprint density at radius 1 is 0.900 bits per heavy atom. The molecule has 0 saturated heterocycles. The fourth-order valence-corrected chi connectivity index (χ4v) is 0.785. The summed E-state index contributed by atoms with van der Waals surface area (Å²) in [5, 5.41) is 0. The first kappa shape index (κ1) is 9.64. The van der Waals surface area contributed by atoms with E-state index in [0.29, 0.717) is 0 Å². The average molecular weight is 226 g/mol. The van der Waals surface area contributed by atoms with Crippen molar-refractivity contribution >= 4 is 6.16 Å². The van der Waals surface area contributed by atoms with Crippen LogP contribution < -0.4 is 0 Å². The SMILES string of the molecule is O=C([O][V](=[O])=[O])[O][V](=[O])=[O]. The van der Waals surface area contributed by atoms with Crippen LogP contribution in [0.25, 0.3) is 0 Å². The van der Waals surface area contributed by atoms with E-state index >= 15 is 0 Å². The van der Waals surface area contributed by atoms with E-state index in [1.165, 1.54) is 0 Å². The molecule has 0 aliphatic heterocycles. The zero-order chi connectivity index (χ0) is 8.15. The van der Waals surface area contributed by atoms with Gasteiger partial charge in [-0.2, -0.15) is 0 Å². The van der Waals surface area contributed by atoms with Crippen LogP contribution in [0.5, 0.6) is 0 Å². The third-order valence-electron chi connectivity index (χ3n) is 0.298. The standard InChI is InChI=1S/CH2O3.4O.2V/c2-1(3)4;;;;;;/h(H2,2,3,4);;;;;;/q;;;;;2*+1/p-2. The molecule has 0 fully saturated rings. The fourth-order valence-electron chi connectivity index (χ4n) is 0.138. The third-order valence-corrected chi connectivity index (χ3v) is 1.23. The monoisotopic (exact) mass is 226 g/mol. The van der Waals surface area contributed by atoms with Crippen molar-refractivity contribution in [2.24, 2.45) is 0 Å². The molecule has 0 atom stereocenters. The van der Waals surface area contributed by atoms with Crippen LogP contribution in [0, 0.1) is 0 Å². The van der Waals surface area contributed by atoms with Gasteiger partial charge in [-0.1, -0.05) is 0 Å². The molecule has 9 heteroatoms. The summed E-state index contributed by atoms with van der Waals surface area (Å²) < 4.78 is 45.1. The van der Waals surface area contributed by atoms with Crippen LogP contribution in [0.15, 0.2) is 0 Å². The minimum absolute atomic E-state index is 1.71. The molecular formula is CO7V2. The molecule has 7 nitrogen and oxygen atoms in total. The predicted octanol–water partition coefficient (Wildman–Crippen LogP) is -0.412. The Morgan fingerprint density at radius 2 is 1.20 bits per heavy atom. The van der Waals surface area contributed by atoms with E-state index in [1.807, 2.05) is 0 Å². The number of rotatable bonds is 2. The van der Waals surface area contributed by atoms with Gasteiger partial charge in [0.2, 0.25) is 0 Å². The average Bonchev–Trinajstić information content (AvgIpc) is 1.58. The van der Waals surface area contributed by atoms with Crippen LogP contribution in [-0.2, 0) is 52.8 Å². The van der Waals surface area contributed by atoms with Gasteiger partial charge in [-0.25, -0.2) is 0 Å². The molecule has 0 aliphatic carbocycles. The summed E-state index contributed by atoms with van der Waals surface area (Å²) in [4.78, 5) is 9.89. The van der Waals surface area contributed by atoms with Crippen molar-refractivity contribution < 1.29 is 57.6 Å². The van der Waals surface area contributed by atoms with E-state index in [9.17, 15) is 19.5 Å². The molecule has 0 aromatic carbocycles. The van der Waals surface area contributed by atoms with E-state index in [-0.39, 0.29) is 0 Å². The molecule has 0 rings (SSSR count). The topological polar surface area (TPSA) is 104 Å². The van der Waals surface area contributed by atoms with Crippen LogP contribution in [0.1, 0.15) is 0 Å². The predicted molar refractivity (Wildman–Crippen MR) is 10.3 cm³/mol. The van der Waals surface area contributed by atoms with Gasteiger partial charge in [0, 0.05) is 0 Å². The van der Waals surface area contributed by atoms with E-state index in [1.54, 1.807) is 0 Å². The van der Waals surface area contributed by atoms with Crippen molar-refractivity contribution in [3.8, 4) is 0 Å². The van der Waals surface area contributed by atoms with Gasteiger partial charge >= 0.3 is 63.8 Å². The number of hydrogen-bond donors (Lipinski definition) is 0.